The van der Waals surface area contributed by atoms with Gasteiger partial charge < -0.3 is 15.4 Å². The molecule has 0 bridgehead atoms. The first-order valence-electron chi connectivity index (χ1n) is 6.41. The molecule has 1 amide bonds. The van der Waals surface area contributed by atoms with E-state index in [1.165, 1.54) is 12.3 Å². The van der Waals surface area contributed by atoms with Gasteiger partial charge >= 0.3 is 0 Å². The number of halogens is 1. The summed E-state index contributed by atoms with van der Waals surface area (Å²) in [6.45, 7) is 3.03. The quantitative estimate of drug-likeness (QED) is 0.497. The van der Waals surface area contributed by atoms with Crippen molar-refractivity contribution in [3.8, 4) is 0 Å². The van der Waals surface area contributed by atoms with Crippen LogP contribution in [0.1, 0.15) is 10.4 Å². The lowest BCUT2D eigenvalue weighted by Gasteiger charge is -2.34. The summed E-state index contributed by atoms with van der Waals surface area (Å²) in [6.07, 6.45) is 1.34. The van der Waals surface area contributed by atoms with Crippen molar-refractivity contribution in [2.24, 2.45) is 5.84 Å². The Balaban J connectivity index is 2.06. The molecular formula is C12H18FN5O2. The monoisotopic (exact) mass is 283 g/mol. The normalized spacial score (nSPS) is 16.2. The average molecular weight is 283 g/mol. The molecule has 4 N–H and O–H groups in total. The third-order valence-electron chi connectivity index (χ3n) is 3.33. The Morgan fingerprint density at radius 3 is 2.75 bits per heavy atom. The molecule has 0 aromatic carbocycles. The molecule has 1 saturated heterocycles. The highest BCUT2D eigenvalue weighted by Gasteiger charge is 2.25. The van der Waals surface area contributed by atoms with Gasteiger partial charge in [-0.2, -0.15) is 0 Å². The zero-order valence-corrected chi connectivity index (χ0v) is 11.0. The number of carbonyl (C=O) groups excluding carboxylic acids is 1. The van der Waals surface area contributed by atoms with Crippen LogP contribution in [0.25, 0.3) is 0 Å². The number of amides is 1. The van der Waals surface area contributed by atoms with Crippen molar-refractivity contribution in [1.29, 1.82) is 0 Å². The van der Waals surface area contributed by atoms with Crippen LogP contribution < -0.4 is 11.3 Å². The number of nitrogens with one attached hydrogen (secondary N) is 1. The summed E-state index contributed by atoms with van der Waals surface area (Å²) >= 11 is 0. The Hall–Kier alpha value is -1.77. The van der Waals surface area contributed by atoms with Gasteiger partial charge in [-0.25, -0.2) is 15.2 Å². The lowest BCUT2D eigenvalue weighted by Crippen LogP contribution is -2.49. The molecule has 2 heterocycles. The van der Waals surface area contributed by atoms with E-state index in [2.05, 4.69) is 15.3 Å². The van der Waals surface area contributed by atoms with Crippen molar-refractivity contribution in [3.63, 3.8) is 0 Å². The second-order valence-electron chi connectivity index (χ2n) is 4.52. The molecular weight excluding hydrogens is 265 g/mol. The van der Waals surface area contributed by atoms with Crippen LogP contribution in [0.15, 0.2) is 12.3 Å². The van der Waals surface area contributed by atoms with Crippen molar-refractivity contribution < 1.29 is 14.3 Å². The topological polar surface area (TPSA) is 94.7 Å². The van der Waals surface area contributed by atoms with Gasteiger partial charge in [-0.05, 0) is 6.07 Å². The number of anilines is 1. The van der Waals surface area contributed by atoms with Crippen molar-refractivity contribution >= 4 is 11.7 Å². The number of rotatable bonds is 4. The second-order valence-corrected chi connectivity index (χ2v) is 4.52. The number of β-amino-alcohol motifs (C(OH)–C–C–N with tert-alkyl or cyclic N) is 1. The van der Waals surface area contributed by atoms with E-state index in [0.29, 0.717) is 32.7 Å². The summed E-state index contributed by atoms with van der Waals surface area (Å²) in [5.41, 5.74) is 2.09. The van der Waals surface area contributed by atoms with Crippen LogP contribution in [0.5, 0.6) is 0 Å². The largest absolute Gasteiger partial charge is 0.395 e. The van der Waals surface area contributed by atoms with E-state index < -0.39 is 5.82 Å². The minimum atomic E-state index is -0.738. The molecule has 1 aliphatic rings. The maximum atomic E-state index is 14.0. The maximum absolute atomic E-state index is 14.0. The van der Waals surface area contributed by atoms with Gasteiger partial charge in [0.25, 0.3) is 5.91 Å². The van der Waals surface area contributed by atoms with Crippen molar-refractivity contribution in [1.82, 2.24) is 14.8 Å². The van der Waals surface area contributed by atoms with Crippen LogP contribution in [-0.4, -0.2) is 65.1 Å². The first-order valence-corrected chi connectivity index (χ1v) is 6.41. The molecule has 8 heteroatoms. The van der Waals surface area contributed by atoms with Crippen LogP contribution in [0.4, 0.5) is 10.2 Å². The molecule has 20 heavy (non-hydrogen) atoms. The molecule has 0 radical (unpaired) electrons. The van der Waals surface area contributed by atoms with Crippen molar-refractivity contribution in [2.45, 2.75) is 0 Å². The fraction of sp³-hybridized carbons (Fsp3) is 0.500. The van der Waals surface area contributed by atoms with Gasteiger partial charge in [-0.1, -0.05) is 0 Å². The number of aromatic nitrogens is 1. The maximum Gasteiger partial charge on any atom is 0.257 e. The molecule has 2 rings (SSSR count). The number of hydrogen-bond acceptors (Lipinski definition) is 6. The van der Waals surface area contributed by atoms with E-state index in [0.717, 1.165) is 0 Å². The number of piperazine rings is 1. The molecule has 0 aliphatic carbocycles. The summed E-state index contributed by atoms with van der Waals surface area (Å²) in [5, 5.41) is 8.87. The number of carbonyl (C=O) groups is 1. The van der Waals surface area contributed by atoms with Crippen LogP contribution in [-0.2, 0) is 0 Å². The molecule has 1 aromatic rings. The van der Waals surface area contributed by atoms with E-state index in [1.54, 1.807) is 4.90 Å². The van der Waals surface area contributed by atoms with Crippen LogP contribution in [0.2, 0.25) is 0 Å². The minimum absolute atomic E-state index is 0.0384. The highest BCUT2D eigenvalue weighted by Crippen LogP contribution is 2.17. The Labute approximate surface area is 116 Å². The first kappa shape index (κ1) is 14.6. The zero-order valence-electron chi connectivity index (χ0n) is 11.0. The highest BCUT2D eigenvalue weighted by atomic mass is 19.1. The molecule has 1 aliphatic heterocycles. The number of pyridine rings is 1. The SMILES string of the molecule is NNc1nccc(C(=O)N2CCN(CCO)CC2)c1F. The smallest absolute Gasteiger partial charge is 0.257 e. The van der Waals surface area contributed by atoms with Gasteiger partial charge in [-0.15, -0.1) is 0 Å². The number of nitrogens with zero attached hydrogens (tertiary/aromatic N) is 3. The summed E-state index contributed by atoms with van der Waals surface area (Å²) in [4.78, 5) is 19.6. The van der Waals surface area contributed by atoms with Gasteiger partial charge in [0.05, 0.1) is 12.2 Å². The number of nitrogens with two attached hydrogens (primary N) is 1. The summed E-state index contributed by atoms with van der Waals surface area (Å²) in [7, 11) is 0. The minimum Gasteiger partial charge on any atom is -0.395 e. The first-order chi connectivity index (χ1) is 9.67. The Bertz CT molecular complexity index is 477. The number of aliphatic hydroxyl groups is 1. The molecule has 0 atom stereocenters. The van der Waals surface area contributed by atoms with E-state index in [1.807, 2.05) is 0 Å². The Morgan fingerprint density at radius 2 is 2.15 bits per heavy atom. The molecule has 1 fully saturated rings. The van der Waals surface area contributed by atoms with Crippen LogP contribution in [0, 0.1) is 5.82 Å². The predicted molar refractivity (Wildman–Crippen MR) is 71.4 cm³/mol. The van der Waals surface area contributed by atoms with Gasteiger partial charge in [-0.3, -0.25) is 9.69 Å². The third-order valence-corrected chi connectivity index (χ3v) is 3.33. The molecule has 7 nitrogen and oxygen atoms in total. The zero-order chi connectivity index (χ0) is 14.5. The number of hydrogen-bond donors (Lipinski definition) is 3. The number of nitrogen functional groups attached to an aromatic ring is 1. The van der Waals surface area contributed by atoms with Gasteiger partial charge in [0.1, 0.15) is 0 Å². The molecule has 110 valence electrons. The molecule has 0 unspecified atom stereocenters. The third kappa shape index (κ3) is 3.03. The van der Waals surface area contributed by atoms with Crippen LogP contribution >= 0.6 is 0 Å². The van der Waals surface area contributed by atoms with Crippen molar-refractivity contribution in [2.75, 3.05) is 44.8 Å². The lowest BCUT2D eigenvalue weighted by molar-refractivity contribution is 0.0610. The molecule has 0 saturated carbocycles. The van der Waals surface area contributed by atoms with E-state index in [-0.39, 0.29) is 23.9 Å². The van der Waals surface area contributed by atoms with Gasteiger partial charge in [0, 0.05) is 38.9 Å². The molecule has 0 spiro atoms. The van der Waals surface area contributed by atoms with Crippen LogP contribution in [0.3, 0.4) is 0 Å². The lowest BCUT2D eigenvalue weighted by atomic mass is 10.2. The number of hydrazine groups is 1. The Kier molecular flexibility index (Phi) is 4.83. The highest BCUT2D eigenvalue weighted by molar-refractivity contribution is 5.95. The van der Waals surface area contributed by atoms with E-state index in [9.17, 15) is 9.18 Å². The standard InChI is InChI=1S/C12H18FN5O2/c13-10-9(1-2-15-11(10)16-14)12(20)18-5-3-17(4-6-18)7-8-19/h1-2,19H,3-8,14H2,(H,15,16). The predicted octanol–water partition coefficient (Wildman–Crippen LogP) is -0.744. The fourth-order valence-corrected chi connectivity index (χ4v) is 2.20. The van der Waals surface area contributed by atoms with E-state index in [4.69, 9.17) is 10.9 Å². The summed E-state index contributed by atoms with van der Waals surface area (Å²) in [6, 6.07) is 1.35. The Morgan fingerprint density at radius 1 is 1.45 bits per heavy atom. The molecule has 1 aromatic heterocycles. The van der Waals surface area contributed by atoms with Gasteiger partial charge in [0.15, 0.2) is 11.6 Å². The second kappa shape index (κ2) is 6.60. The van der Waals surface area contributed by atoms with Crippen molar-refractivity contribution in [3.05, 3.63) is 23.6 Å². The summed E-state index contributed by atoms with van der Waals surface area (Å²) in [5.74, 6) is 3.89. The average Bonchev–Trinajstić information content (AvgIpc) is 2.48. The summed E-state index contributed by atoms with van der Waals surface area (Å²) < 4.78 is 14.0. The van der Waals surface area contributed by atoms with E-state index >= 15 is 0 Å². The number of aliphatic hydroxyl groups excluding tert-OH is 1. The fourth-order valence-electron chi connectivity index (χ4n) is 2.20. The van der Waals surface area contributed by atoms with Gasteiger partial charge in [0.2, 0.25) is 0 Å².